The smallest absolute Gasteiger partial charge is 0.0705 e. The first-order chi connectivity index (χ1) is 9.22. The van der Waals surface area contributed by atoms with Gasteiger partial charge >= 0.3 is 0 Å². The lowest BCUT2D eigenvalue weighted by atomic mass is 9.78. The Kier molecular flexibility index (Phi) is 3.52. The average molecular weight is 255 g/mol. The van der Waals surface area contributed by atoms with Gasteiger partial charge in [-0.1, -0.05) is 31.2 Å². The minimum atomic E-state index is -0.149. The Morgan fingerprint density at radius 3 is 2.89 bits per heavy atom. The van der Waals surface area contributed by atoms with Crippen LogP contribution >= 0.6 is 0 Å². The molecule has 100 valence electrons. The first-order valence-corrected chi connectivity index (χ1v) is 7.25. The van der Waals surface area contributed by atoms with Crippen LogP contribution in [0.25, 0.3) is 10.9 Å². The van der Waals surface area contributed by atoms with Crippen molar-refractivity contribution in [2.45, 2.75) is 38.7 Å². The van der Waals surface area contributed by atoms with Crippen molar-refractivity contribution in [1.82, 2.24) is 4.98 Å². The van der Waals surface area contributed by atoms with Gasteiger partial charge in [0.25, 0.3) is 0 Å². The molecule has 0 spiro atoms. The van der Waals surface area contributed by atoms with Crippen molar-refractivity contribution >= 4 is 10.9 Å². The number of aromatic nitrogens is 1. The van der Waals surface area contributed by atoms with E-state index < -0.39 is 0 Å². The van der Waals surface area contributed by atoms with Crippen LogP contribution < -0.4 is 0 Å². The Hall–Kier alpha value is -1.41. The number of pyridine rings is 1. The number of nitrogens with zero attached hydrogens (tertiary/aromatic N) is 1. The fraction of sp³-hybridized carbons (Fsp3) is 0.471. The highest BCUT2D eigenvalue weighted by Crippen LogP contribution is 2.31. The van der Waals surface area contributed by atoms with Crippen molar-refractivity contribution in [2.75, 3.05) is 0 Å². The number of benzene rings is 1. The lowest BCUT2D eigenvalue weighted by Gasteiger charge is -2.31. The summed E-state index contributed by atoms with van der Waals surface area (Å²) in [6.45, 7) is 2.28. The van der Waals surface area contributed by atoms with Gasteiger partial charge in [0.15, 0.2) is 0 Å². The fourth-order valence-corrected chi connectivity index (χ4v) is 3.19. The van der Waals surface area contributed by atoms with Crippen molar-refractivity contribution in [3.05, 3.63) is 42.1 Å². The van der Waals surface area contributed by atoms with E-state index in [9.17, 15) is 5.11 Å². The highest BCUT2D eigenvalue weighted by Gasteiger charge is 2.27. The summed E-state index contributed by atoms with van der Waals surface area (Å²) < 4.78 is 0. The van der Waals surface area contributed by atoms with Crippen LogP contribution in [0.3, 0.4) is 0 Å². The molecule has 0 aliphatic heterocycles. The van der Waals surface area contributed by atoms with Gasteiger partial charge in [-0.25, -0.2) is 0 Å². The molecule has 3 rings (SSSR count). The summed E-state index contributed by atoms with van der Waals surface area (Å²) in [5.74, 6) is 1.10. The van der Waals surface area contributed by atoms with Gasteiger partial charge in [-0.2, -0.15) is 0 Å². The SMILES string of the molecule is CC1CCC(O)C(Cc2ccc3ccccc3n2)C1. The van der Waals surface area contributed by atoms with Gasteiger partial charge < -0.3 is 5.11 Å². The van der Waals surface area contributed by atoms with Crippen molar-refractivity contribution in [1.29, 1.82) is 0 Å². The van der Waals surface area contributed by atoms with Crippen molar-refractivity contribution < 1.29 is 5.11 Å². The number of aliphatic hydroxyl groups excluding tert-OH is 1. The molecule has 1 aromatic heterocycles. The molecule has 1 fully saturated rings. The van der Waals surface area contributed by atoms with Crippen molar-refractivity contribution in [3.8, 4) is 0 Å². The number of para-hydroxylation sites is 1. The van der Waals surface area contributed by atoms with Crippen LogP contribution in [-0.2, 0) is 6.42 Å². The average Bonchev–Trinajstić information content (AvgIpc) is 2.43. The van der Waals surface area contributed by atoms with Crippen LogP contribution in [0.5, 0.6) is 0 Å². The van der Waals surface area contributed by atoms with Gasteiger partial charge in [0.1, 0.15) is 0 Å². The Morgan fingerprint density at radius 2 is 2.00 bits per heavy atom. The molecule has 0 saturated heterocycles. The number of hydrogen-bond donors (Lipinski definition) is 1. The van der Waals surface area contributed by atoms with E-state index in [2.05, 4.69) is 31.2 Å². The Labute approximate surface area is 114 Å². The number of hydrogen-bond acceptors (Lipinski definition) is 2. The second-order valence-electron chi connectivity index (χ2n) is 5.95. The predicted octanol–water partition coefficient (Wildman–Crippen LogP) is 3.57. The van der Waals surface area contributed by atoms with Gasteiger partial charge in [0, 0.05) is 11.1 Å². The summed E-state index contributed by atoms with van der Waals surface area (Å²) in [4.78, 5) is 4.72. The summed E-state index contributed by atoms with van der Waals surface area (Å²) in [7, 11) is 0. The molecule has 19 heavy (non-hydrogen) atoms. The molecule has 3 atom stereocenters. The normalized spacial score (nSPS) is 27.6. The van der Waals surface area contributed by atoms with E-state index >= 15 is 0 Å². The first kappa shape index (κ1) is 12.6. The molecule has 0 radical (unpaired) electrons. The van der Waals surface area contributed by atoms with Crippen molar-refractivity contribution in [3.63, 3.8) is 0 Å². The third-order valence-electron chi connectivity index (χ3n) is 4.33. The number of fused-ring (bicyclic) bond motifs is 1. The molecule has 3 unspecified atom stereocenters. The zero-order valence-corrected chi connectivity index (χ0v) is 11.4. The van der Waals surface area contributed by atoms with Gasteiger partial charge in [-0.15, -0.1) is 0 Å². The van der Waals surface area contributed by atoms with Crippen LogP contribution in [-0.4, -0.2) is 16.2 Å². The molecule has 1 saturated carbocycles. The second-order valence-corrected chi connectivity index (χ2v) is 5.95. The molecule has 1 heterocycles. The van der Waals surface area contributed by atoms with E-state index in [-0.39, 0.29) is 6.10 Å². The number of rotatable bonds is 2. The van der Waals surface area contributed by atoms with Gasteiger partial charge in [0.2, 0.25) is 0 Å². The van der Waals surface area contributed by atoms with E-state index in [0.717, 1.165) is 42.8 Å². The predicted molar refractivity (Wildman–Crippen MR) is 78.0 cm³/mol. The van der Waals surface area contributed by atoms with E-state index in [0.29, 0.717) is 5.92 Å². The Morgan fingerprint density at radius 1 is 1.16 bits per heavy atom. The summed E-state index contributed by atoms with van der Waals surface area (Å²) in [5.41, 5.74) is 2.16. The number of aliphatic hydroxyl groups is 1. The highest BCUT2D eigenvalue weighted by molar-refractivity contribution is 5.78. The van der Waals surface area contributed by atoms with Crippen LogP contribution in [0, 0.1) is 11.8 Å². The third kappa shape index (κ3) is 2.79. The maximum absolute atomic E-state index is 10.1. The van der Waals surface area contributed by atoms with Gasteiger partial charge in [-0.05, 0) is 49.7 Å². The summed E-state index contributed by atoms with van der Waals surface area (Å²) in [6.07, 6.45) is 3.97. The van der Waals surface area contributed by atoms with Gasteiger partial charge in [0.05, 0.1) is 11.6 Å². The minimum Gasteiger partial charge on any atom is -0.393 e. The molecule has 1 aliphatic rings. The molecule has 1 aliphatic carbocycles. The zero-order valence-electron chi connectivity index (χ0n) is 11.4. The second kappa shape index (κ2) is 5.30. The molecule has 2 heteroatoms. The molecule has 0 bridgehead atoms. The maximum atomic E-state index is 10.1. The summed E-state index contributed by atoms with van der Waals surface area (Å²) >= 11 is 0. The molecule has 1 aromatic carbocycles. The highest BCUT2D eigenvalue weighted by atomic mass is 16.3. The molecular formula is C17H21NO. The maximum Gasteiger partial charge on any atom is 0.0705 e. The topological polar surface area (TPSA) is 33.1 Å². The zero-order chi connectivity index (χ0) is 13.2. The van der Waals surface area contributed by atoms with E-state index in [1.165, 1.54) is 5.39 Å². The molecule has 1 N–H and O–H groups in total. The summed E-state index contributed by atoms with van der Waals surface area (Å²) in [6, 6.07) is 12.4. The molecular weight excluding hydrogens is 234 g/mol. The van der Waals surface area contributed by atoms with E-state index in [1.807, 2.05) is 12.1 Å². The Bertz CT molecular complexity index is 566. The van der Waals surface area contributed by atoms with Crippen LogP contribution in [0.2, 0.25) is 0 Å². The van der Waals surface area contributed by atoms with E-state index in [4.69, 9.17) is 4.98 Å². The monoisotopic (exact) mass is 255 g/mol. The molecule has 2 aromatic rings. The minimum absolute atomic E-state index is 0.149. The van der Waals surface area contributed by atoms with Crippen LogP contribution in [0.4, 0.5) is 0 Å². The lowest BCUT2D eigenvalue weighted by Crippen LogP contribution is -2.29. The van der Waals surface area contributed by atoms with Gasteiger partial charge in [-0.3, -0.25) is 4.98 Å². The molecule has 0 amide bonds. The van der Waals surface area contributed by atoms with Crippen molar-refractivity contribution in [2.24, 2.45) is 11.8 Å². The fourth-order valence-electron chi connectivity index (χ4n) is 3.19. The molecule has 2 nitrogen and oxygen atoms in total. The van der Waals surface area contributed by atoms with E-state index in [1.54, 1.807) is 0 Å². The first-order valence-electron chi connectivity index (χ1n) is 7.25. The third-order valence-corrected chi connectivity index (χ3v) is 4.33. The standard InChI is InChI=1S/C17H21NO/c1-12-6-9-17(19)14(10-12)11-15-8-7-13-4-2-3-5-16(13)18-15/h2-5,7-8,12,14,17,19H,6,9-11H2,1H3. The Balaban J connectivity index is 1.80. The van der Waals surface area contributed by atoms with Crippen LogP contribution in [0.1, 0.15) is 31.9 Å². The summed E-state index contributed by atoms with van der Waals surface area (Å²) in [5, 5.41) is 11.3. The van der Waals surface area contributed by atoms with Crippen LogP contribution in [0.15, 0.2) is 36.4 Å². The largest absolute Gasteiger partial charge is 0.393 e. The quantitative estimate of drug-likeness (QED) is 0.889. The lowest BCUT2D eigenvalue weighted by molar-refractivity contribution is 0.0515.